The highest BCUT2D eigenvalue weighted by Crippen LogP contribution is 2.28. The molecule has 0 unspecified atom stereocenters. The summed E-state index contributed by atoms with van der Waals surface area (Å²) in [4.78, 5) is 13.4. The van der Waals surface area contributed by atoms with E-state index in [2.05, 4.69) is 48.5 Å². The number of rotatable bonds is 3. The largest absolute Gasteiger partial charge is 0.508 e. The fraction of sp³-hybridized carbons (Fsp3) is 0. The zero-order chi connectivity index (χ0) is 20.8. The van der Waals surface area contributed by atoms with E-state index >= 15 is 0 Å². The second-order valence-corrected chi connectivity index (χ2v) is 7.75. The first-order valence-corrected chi connectivity index (χ1v) is 10.3. The van der Waals surface area contributed by atoms with Crippen LogP contribution in [-0.4, -0.2) is 4.40 Å². The highest BCUT2D eigenvalue weighted by atomic mass is 16.1. The summed E-state index contributed by atoms with van der Waals surface area (Å²) in [7, 11) is 0. The first kappa shape index (κ1) is 17.6. The Hall–Kier alpha value is -4.24. The average molecular weight is 399 g/mol. The predicted molar refractivity (Wildman–Crippen MR) is 125 cm³/mol. The predicted octanol–water partition coefficient (Wildman–Crippen LogP) is 5.50. The van der Waals surface area contributed by atoms with E-state index in [1.54, 1.807) is 8.97 Å². The quantitative estimate of drug-likeness (QED) is 0.361. The first-order chi connectivity index (χ1) is 15.3. The molecule has 0 spiro atoms. The zero-order valence-corrected chi connectivity index (χ0v) is 16.8. The van der Waals surface area contributed by atoms with Crippen LogP contribution in [-0.2, 0) is 0 Å². The number of para-hydroxylation sites is 1. The lowest BCUT2D eigenvalue weighted by Gasteiger charge is -2.10. The molecule has 3 nitrogen and oxygen atoms in total. The smallest absolute Gasteiger partial charge is 0.196 e. The van der Waals surface area contributed by atoms with Crippen LogP contribution in [0.25, 0.3) is 44.2 Å². The van der Waals surface area contributed by atoms with Gasteiger partial charge in [-0.05, 0) is 52.6 Å². The molecule has 4 aromatic carbocycles. The van der Waals surface area contributed by atoms with Gasteiger partial charge in [-0.1, -0.05) is 72.8 Å². The minimum atomic E-state index is -0.0714. The topological polar surface area (TPSA) is 25.4 Å². The molecule has 0 fully saturated rings. The van der Waals surface area contributed by atoms with Gasteiger partial charge < -0.3 is 0 Å². The number of benzene rings is 4. The second kappa shape index (κ2) is 6.92. The van der Waals surface area contributed by atoms with Crippen LogP contribution in [0.3, 0.4) is 0 Å². The van der Waals surface area contributed by atoms with Crippen molar-refractivity contribution in [2.24, 2.45) is 0 Å². The van der Waals surface area contributed by atoms with Gasteiger partial charge in [-0.2, -0.15) is 13.8 Å². The molecule has 31 heavy (non-hydrogen) atoms. The van der Waals surface area contributed by atoms with Crippen LogP contribution in [0.1, 0.15) is 0 Å². The fourth-order valence-electron chi connectivity index (χ4n) is 4.33. The van der Waals surface area contributed by atoms with Crippen molar-refractivity contribution in [3.05, 3.63) is 126 Å². The van der Waals surface area contributed by atoms with Gasteiger partial charge in [0.25, 0.3) is 0 Å². The lowest BCUT2D eigenvalue weighted by molar-refractivity contribution is -0.614. The first-order valence-electron chi connectivity index (χ1n) is 10.3. The molecular formula is C28H19N2O+. The molecule has 3 heteroatoms. The summed E-state index contributed by atoms with van der Waals surface area (Å²) in [6, 6.07) is 35.0. The summed E-state index contributed by atoms with van der Waals surface area (Å²) in [5.41, 5.74) is 6.14. The van der Waals surface area contributed by atoms with Crippen LogP contribution < -0.4 is 10.3 Å². The van der Waals surface area contributed by atoms with E-state index in [0.717, 1.165) is 44.2 Å². The van der Waals surface area contributed by atoms with Gasteiger partial charge in [0.15, 0.2) is 5.52 Å². The number of aromatic nitrogens is 2. The van der Waals surface area contributed by atoms with Crippen LogP contribution in [0.4, 0.5) is 0 Å². The maximum atomic E-state index is 13.4. The molecule has 146 valence electrons. The Labute approximate surface area is 179 Å². The second-order valence-electron chi connectivity index (χ2n) is 7.75. The molecule has 0 saturated heterocycles. The molecule has 0 saturated carbocycles. The van der Waals surface area contributed by atoms with Crippen LogP contribution >= 0.6 is 0 Å². The number of hydrogen-bond donors (Lipinski definition) is 0. The summed E-state index contributed by atoms with van der Waals surface area (Å²) in [5.74, 6) is 0. The van der Waals surface area contributed by atoms with Crippen molar-refractivity contribution < 1.29 is 4.57 Å². The Morgan fingerprint density at radius 3 is 1.84 bits per heavy atom. The van der Waals surface area contributed by atoms with Crippen molar-refractivity contribution in [2.45, 2.75) is 0 Å². The molecule has 0 aliphatic rings. The molecule has 6 rings (SSSR count). The average Bonchev–Trinajstić information content (AvgIpc) is 3.28. The van der Waals surface area contributed by atoms with Gasteiger partial charge in [0.2, 0.25) is 0 Å². The summed E-state index contributed by atoms with van der Waals surface area (Å²) in [6.45, 7) is 0. The van der Waals surface area contributed by atoms with Crippen molar-refractivity contribution in [2.75, 3.05) is 0 Å². The molecule has 2 heterocycles. The lowest BCUT2D eigenvalue weighted by atomic mass is 9.98. The molecule has 0 radical (unpaired) electrons. The molecule has 6 aromatic rings. The van der Waals surface area contributed by atoms with Crippen LogP contribution in [0, 0.1) is 0 Å². The van der Waals surface area contributed by atoms with Crippen molar-refractivity contribution in [3.63, 3.8) is 0 Å². The minimum Gasteiger partial charge on any atom is -0.196 e. The summed E-state index contributed by atoms with van der Waals surface area (Å²) in [6.07, 6.45) is 3.80. The van der Waals surface area contributed by atoms with Gasteiger partial charge in [0.05, 0.1) is 5.39 Å². The Bertz CT molecular complexity index is 1530. The van der Waals surface area contributed by atoms with Crippen LogP contribution in [0.5, 0.6) is 0 Å². The standard InChI is InChI=1S/C28H19N2O/c31-28-29-15-14-22-12-7-13-23(27(22)29)19-30(28)26-17-24(20-8-3-1-4-9-20)16-25(18-26)21-10-5-2-6-11-21/h1-19H/q+1. The molecule has 0 amide bonds. The Morgan fingerprint density at radius 1 is 0.581 bits per heavy atom. The third kappa shape index (κ3) is 2.90. The van der Waals surface area contributed by atoms with Gasteiger partial charge in [0.1, 0.15) is 18.1 Å². The Kier molecular flexibility index (Phi) is 3.93. The maximum Gasteiger partial charge on any atom is 0.508 e. The van der Waals surface area contributed by atoms with E-state index in [-0.39, 0.29) is 5.69 Å². The van der Waals surface area contributed by atoms with Crippen molar-refractivity contribution in [1.82, 2.24) is 4.40 Å². The molecule has 0 aliphatic carbocycles. The van der Waals surface area contributed by atoms with Crippen LogP contribution in [0.15, 0.2) is 120 Å². The Morgan fingerprint density at radius 2 is 1.19 bits per heavy atom. The monoisotopic (exact) mass is 399 g/mol. The number of nitrogens with zero attached hydrogens (tertiary/aromatic N) is 2. The highest BCUT2D eigenvalue weighted by Gasteiger charge is 2.19. The number of hydrogen-bond acceptors (Lipinski definition) is 1. The SMILES string of the molecule is O=c1n2ccc3cccc(c[n+]1-c1cc(-c4ccccc4)cc(-c4ccccc4)c1)c32. The van der Waals surface area contributed by atoms with Crippen molar-refractivity contribution in [1.29, 1.82) is 0 Å². The van der Waals surface area contributed by atoms with E-state index in [4.69, 9.17) is 0 Å². The molecule has 2 aromatic heterocycles. The van der Waals surface area contributed by atoms with E-state index in [1.165, 1.54) is 0 Å². The van der Waals surface area contributed by atoms with E-state index in [9.17, 15) is 4.79 Å². The van der Waals surface area contributed by atoms with Gasteiger partial charge in [-0.15, -0.1) is 0 Å². The van der Waals surface area contributed by atoms with Crippen molar-refractivity contribution in [3.8, 4) is 27.9 Å². The normalized spacial score (nSPS) is 11.4. The van der Waals surface area contributed by atoms with Crippen LogP contribution in [0.2, 0.25) is 0 Å². The van der Waals surface area contributed by atoms with Crippen molar-refractivity contribution >= 4 is 16.3 Å². The van der Waals surface area contributed by atoms with Gasteiger partial charge in [-0.25, -0.2) is 0 Å². The van der Waals surface area contributed by atoms with Gasteiger partial charge >= 0.3 is 5.69 Å². The summed E-state index contributed by atoms with van der Waals surface area (Å²) in [5, 5.41) is 2.11. The summed E-state index contributed by atoms with van der Waals surface area (Å²) < 4.78 is 3.49. The molecular weight excluding hydrogens is 380 g/mol. The van der Waals surface area contributed by atoms with E-state index < -0.39 is 0 Å². The molecule has 0 aliphatic heterocycles. The highest BCUT2D eigenvalue weighted by molar-refractivity contribution is 5.95. The molecule has 0 atom stereocenters. The van der Waals surface area contributed by atoms with Gasteiger partial charge in [0, 0.05) is 5.39 Å². The van der Waals surface area contributed by atoms with E-state index in [0.29, 0.717) is 0 Å². The maximum absolute atomic E-state index is 13.4. The fourth-order valence-corrected chi connectivity index (χ4v) is 4.33. The molecule has 0 N–H and O–H groups in total. The summed E-state index contributed by atoms with van der Waals surface area (Å²) >= 11 is 0. The lowest BCUT2D eigenvalue weighted by Crippen LogP contribution is -2.50. The minimum absolute atomic E-state index is 0.0714. The van der Waals surface area contributed by atoms with E-state index in [1.807, 2.05) is 67.0 Å². The van der Waals surface area contributed by atoms with Gasteiger partial charge in [-0.3, -0.25) is 0 Å². The zero-order valence-electron chi connectivity index (χ0n) is 16.8. The Balaban J connectivity index is 1.65. The third-order valence-electron chi connectivity index (χ3n) is 5.83. The molecule has 0 bridgehead atoms. The third-order valence-corrected chi connectivity index (χ3v) is 5.83.